The first-order chi connectivity index (χ1) is 6.13. The van der Waals surface area contributed by atoms with Gasteiger partial charge in [-0.25, -0.2) is 4.39 Å². The normalized spacial score (nSPS) is 24.8. The van der Waals surface area contributed by atoms with E-state index in [2.05, 4.69) is 0 Å². The summed E-state index contributed by atoms with van der Waals surface area (Å²) in [6, 6.07) is 4.15. The Morgan fingerprint density at radius 2 is 2.08 bits per heavy atom. The van der Waals surface area contributed by atoms with Gasteiger partial charge in [0, 0.05) is 13.0 Å². The highest BCUT2D eigenvalue weighted by atomic mass is 19.1. The maximum Gasteiger partial charge on any atom is 0.260 e. The Balaban J connectivity index is 2.35. The van der Waals surface area contributed by atoms with Gasteiger partial charge in [-0.2, -0.15) is 0 Å². The molecule has 0 radical (unpaired) electrons. The molecule has 3 nitrogen and oxygen atoms in total. The lowest BCUT2D eigenvalue weighted by Crippen LogP contribution is -2.42. The van der Waals surface area contributed by atoms with Gasteiger partial charge in [0.15, 0.2) is 11.5 Å². The van der Waals surface area contributed by atoms with E-state index in [-0.39, 0.29) is 12.4 Å². The number of rotatable bonds is 1. The molecule has 0 aliphatic carbocycles. The lowest BCUT2D eigenvalue weighted by atomic mass is 10.3. The van der Waals surface area contributed by atoms with Crippen molar-refractivity contribution in [2.45, 2.75) is 12.7 Å². The number of fused-ring (bicyclic) bond motifs is 1. The molecule has 0 bridgehead atoms. The highest BCUT2D eigenvalue weighted by Gasteiger charge is 2.35. The van der Waals surface area contributed by atoms with E-state index in [1.807, 2.05) is 0 Å². The van der Waals surface area contributed by atoms with E-state index in [1.54, 1.807) is 6.92 Å². The monoisotopic (exact) mass is 183 g/mol. The van der Waals surface area contributed by atoms with Crippen LogP contribution in [0.4, 0.5) is 4.39 Å². The SMILES string of the molecule is CC1(CN)Oc2ccc(F)cc2O1. The minimum Gasteiger partial charge on any atom is -0.447 e. The maximum absolute atomic E-state index is 12.8. The molecule has 4 heteroatoms. The van der Waals surface area contributed by atoms with Crippen molar-refractivity contribution in [3.8, 4) is 11.5 Å². The van der Waals surface area contributed by atoms with E-state index >= 15 is 0 Å². The van der Waals surface area contributed by atoms with Crippen molar-refractivity contribution in [1.82, 2.24) is 0 Å². The van der Waals surface area contributed by atoms with Gasteiger partial charge in [0.25, 0.3) is 5.79 Å². The first-order valence-corrected chi connectivity index (χ1v) is 4.01. The maximum atomic E-state index is 12.8. The summed E-state index contributed by atoms with van der Waals surface area (Å²) in [4.78, 5) is 0. The van der Waals surface area contributed by atoms with E-state index in [9.17, 15) is 4.39 Å². The highest BCUT2D eigenvalue weighted by Crippen LogP contribution is 2.38. The first-order valence-electron chi connectivity index (χ1n) is 4.01. The Bertz CT molecular complexity index is 342. The summed E-state index contributed by atoms with van der Waals surface area (Å²) in [5.41, 5.74) is 5.44. The summed E-state index contributed by atoms with van der Waals surface area (Å²) < 4.78 is 23.5. The van der Waals surface area contributed by atoms with Crippen LogP contribution < -0.4 is 15.2 Å². The van der Waals surface area contributed by atoms with Gasteiger partial charge in [-0.1, -0.05) is 0 Å². The molecule has 1 unspecified atom stereocenters. The number of nitrogens with two attached hydrogens (primary N) is 1. The summed E-state index contributed by atoms with van der Waals surface area (Å²) in [7, 11) is 0. The minimum atomic E-state index is -0.851. The van der Waals surface area contributed by atoms with Crippen molar-refractivity contribution in [3.05, 3.63) is 24.0 Å². The molecule has 0 saturated heterocycles. The Labute approximate surface area is 75.3 Å². The fourth-order valence-corrected chi connectivity index (χ4v) is 1.22. The fourth-order valence-electron chi connectivity index (χ4n) is 1.22. The largest absolute Gasteiger partial charge is 0.447 e. The summed E-state index contributed by atoms with van der Waals surface area (Å²) in [6.07, 6.45) is 0. The van der Waals surface area contributed by atoms with E-state index < -0.39 is 5.79 Å². The Morgan fingerprint density at radius 3 is 2.77 bits per heavy atom. The van der Waals surface area contributed by atoms with E-state index in [0.717, 1.165) is 0 Å². The van der Waals surface area contributed by atoms with Gasteiger partial charge >= 0.3 is 0 Å². The lowest BCUT2D eigenvalue weighted by Gasteiger charge is -2.20. The first kappa shape index (κ1) is 8.31. The van der Waals surface area contributed by atoms with Crippen LogP contribution in [0.25, 0.3) is 0 Å². The van der Waals surface area contributed by atoms with Gasteiger partial charge in [-0.3, -0.25) is 0 Å². The van der Waals surface area contributed by atoms with Gasteiger partial charge in [-0.05, 0) is 12.1 Å². The number of hydrogen-bond donors (Lipinski definition) is 1. The zero-order chi connectivity index (χ0) is 9.47. The Hall–Kier alpha value is -1.29. The molecule has 0 spiro atoms. The molecule has 1 aromatic carbocycles. The third kappa shape index (κ3) is 1.33. The van der Waals surface area contributed by atoms with E-state index in [1.165, 1.54) is 18.2 Å². The van der Waals surface area contributed by atoms with Crippen molar-refractivity contribution in [3.63, 3.8) is 0 Å². The molecular formula is C9H10FNO2. The smallest absolute Gasteiger partial charge is 0.260 e. The van der Waals surface area contributed by atoms with Crippen LogP contribution in [0.15, 0.2) is 18.2 Å². The van der Waals surface area contributed by atoms with Gasteiger partial charge < -0.3 is 15.2 Å². The van der Waals surface area contributed by atoms with Crippen molar-refractivity contribution in [1.29, 1.82) is 0 Å². The summed E-state index contributed by atoms with van der Waals surface area (Å²) in [5.74, 6) is -0.248. The molecule has 1 heterocycles. The van der Waals surface area contributed by atoms with Gasteiger partial charge in [0.1, 0.15) is 5.82 Å². The lowest BCUT2D eigenvalue weighted by molar-refractivity contribution is -0.0521. The molecule has 70 valence electrons. The van der Waals surface area contributed by atoms with Crippen LogP contribution in [0.2, 0.25) is 0 Å². The second kappa shape index (κ2) is 2.60. The van der Waals surface area contributed by atoms with Crippen LogP contribution >= 0.6 is 0 Å². The Kier molecular flexibility index (Phi) is 1.66. The molecule has 2 rings (SSSR count). The van der Waals surface area contributed by atoms with Crippen molar-refractivity contribution < 1.29 is 13.9 Å². The van der Waals surface area contributed by atoms with Crippen LogP contribution in [-0.4, -0.2) is 12.3 Å². The van der Waals surface area contributed by atoms with Crippen LogP contribution in [0.5, 0.6) is 11.5 Å². The van der Waals surface area contributed by atoms with Crippen LogP contribution in [0.1, 0.15) is 6.92 Å². The predicted octanol–water partition coefficient (Wildman–Crippen LogP) is 1.27. The molecule has 0 saturated carbocycles. The van der Waals surface area contributed by atoms with Crippen LogP contribution in [-0.2, 0) is 0 Å². The minimum absolute atomic E-state index is 0.225. The van der Waals surface area contributed by atoms with Crippen molar-refractivity contribution >= 4 is 0 Å². The number of halogens is 1. The summed E-state index contributed by atoms with van der Waals surface area (Å²) in [6.45, 7) is 1.94. The quantitative estimate of drug-likeness (QED) is 0.713. The van der Waals surface area contributed by atoms with Gasteiger partial charge in [0.2, 0.25) is 0 Å². The van der Waals surface area contributed by atoms with Crippen LogP contribution in [0, 0.1) is 5.82 Å². The second-order valence-electron chi connectivity index (χ2n) is 3.13. The molecule has 2 N–H and O–H groups in total. The molecule has 1 aliphatic heterocycles. The summed E-state index contributed by atoms with van der Waals surface area (Å²) in [5, 5.41) is 0. The van der Waals surface area contributed by atoms with Crippen molar-refractivity contribution in [2.24, 2.45) is 5.73 Å². The van der Waals surface area contributed by atoms with Crippen LogP contribution in [0.3, 0.4) is 0 Å². The van der Waals surface area contributed by atoms with Gasteiger partial charge in [0.05, 0.1) is 6.54 Å². The molecule has 0 fully saturated rings. The standard InChI is InChI=1S/C9H10FNO2/c1-9(5-11)12-7-3-2-6(10)4-8(7)13-9/h2-4H,5,11H2,1H3. The number of hydrogen-bond acceptors (Lipinski definition) is 3. The topological polar surface area (TPSA) is 44.5 Å². The molecule has 1 aliphatic rings. The number of ether oxygens (including phenoxy) is 2. The zero-order valence-corrected chi connectivity index (χ0v) is 7.21. The van der Waals surface area contributed by atoms with E-state index in [0.29, 0.717) is 11.5 Å². The fraction of sp³-hybridized carbons (Fsp3) is 0.333. The average molecular weight is 183 g/mol. The highest BCUT2D eigenvalue weighted by molar-refractivity contribution is 5.43. The van der Waals surface area contributed by atoms with Crippen molar-refractivity contribution in [2.75, 3.05) is 6.54 Å². The number of benzene rings is 1. The van der Waals surface area contributed by atoms with Gasteiger partial charge in [-0.15, -0.1) is 0 Å². The molecular weight excluding hydrogens is 173 g/mol. The average Bonchev–Trinajstić information content (AvgIpc) is 2.42. The summed E-state index contributed by atoms with van der Waals surface area (Å²) >= 11 is 0. The third-order valence-corrected chi connectivity index (χ3v) is 1.93. The predicted molar refractivity (Wildman–Crippen MR) is 45.1 cm³/mol. The third-order valence-electron chi connectivity index (χ3n) is 1.93. The second-order valence-corrected chi connectivity index (χ2v) is 3.13. The van der Waals surface area contributed by atoms with E-state index in [4.69, 9.17) is 15.2 Å². The molecule has 0 amide bonds. The molecule has 1 atom stereocenters. The Morgan fingerprint density at radius 1 is 1.38 bits per heavy atom. The molecule has 0 aromatic heterocycles. The zero-order valence-electron chi connectivity index (χ0n) is 7.21. The molecule has 13 heavy (non-hydrogen) atoms. The molecule has 1 aromatic rings.